The molecule has 1 saturated heterocycles. The van der Waals surface area contributed by atoms with Gasteiger partial charge in [-0.1, -0.05) is 16.8 Å². The lowest BCUT2D eigenvalue weighted by Gasteiger charge is -2.30. The summed E-state index contributed by atoms with van der Waals surface area (Å²) in [5.74, 6) is 0.518. The van der Waals surface area contributed by atoms with E-state index >= 15 is 0 Å². The summed E-state index contributed by atoms with van der Waals surface area (Å²) in [5.41, 5.74) is 0.239. The molecule has 1 fully saturated rings. The Hall–Kier alpha value is -1.77. The number of halogens is 3. The highest BCUT2D eigenvalue weighted by molar-refractivity contribution is 6.30. The number of hydrogen-bond donors (Lipinski definition) is 1. The number of piperazine rings is 1. The molecule has 1 aliphatic rings. The highest BCUT2D eigenvalue weighted by Gasteiger charge is 2.26. The normalized spacial score (nSPS) is 19.3. The summed E-state index contributed by atoms with van der Waals surface area (Å²) in [6.45, 7) is -0.527. The molecule has 1 aromatic heterocycles. The third-order valence-corrected chi connectivity index (χ3v) is 3.87. The topological polar surface area (TPSA) is 63.4 Å². The van der Waals surface area contributed by atoms with E-state index in [4.69, 9.17) is 16.1 Å². The van der Waals surface area contributed by atoms with Crippen LogP contribution in [0.3, 0.4) is 0 Å². The molecule has 23 heavy (non-hydrogen) atoms. The van der Waals surface area contributed by atoms with Gasteiger partial charge in [-0.25, -0.2) is 0 Å². The maximum atomic E-state index is 12.5. The van der Waals surface area contributed by atoms with Crippen molar-refractivity contribution in [2.75, 3.05) is 26.7 Å². The summed E-state index contributed by atoms with van der Waals surface area (Å²) in [4.78, 5) is 6.42. The lowest BCUT2D eigenvalue weighted by atomic mass is 10.2. The van der Waals surface area contributed by atoms with Crippen molar-refractivity contribution in [3.8, 4) is 17.2 Å². The number of nitrogens with zero attached hydrogens (tertiary/aromatic N) is 3. The van der Waals surface area contributed by atoms with E-state index in [9.17, 15) is 8.78 Å². The van der Waals surface area contributed by atoms with Gasteiger partial charge in [-0.15, -0.1) is 0 Å². The molecule has 0 amide bonds. The van der Waals surface area contributed by atoms with Crippen LogP contribution in [-0.4, -0.2) is 48.3 Å². The van der Waals surface area contributed by atoms with Crippen LogP contribution in [0.5, 0.6) is 5.75 Å². The largest absolute Gasteiger partial charge is 0.434 e. The highest BCUT2D eigenvalue weighted by atomic mass is 35.5. The van der Waals surface area contributed by atoms with Crippen LogP contribution in [0.25, 0.3) is 11.5 Å². The lowest BCUT2D eigenvalue weighted by molar-refractivity contribution is -0.0495. The predicted molar refractivity (Wildman–Crippen MR) is 79.6 cm³/mol. The second kappa shape index (κ2) is 6.77. The van der Waals surface area contributed by atoms with Crippen molar-refractivity contribution in [3.05, 3.63) is 29.0 Å². The fraction of sp³-hybridized carbons (Fsp3) is 0.429. The molecule has 1 atom stereocenters. The van der Waals surface area contributed by atoms with Gasteiger partial charge in [0.1, 0.15) is 5.75 Å². The van der Waals surface area contributed by atoms with E-state index < -0.39 is 6.61 Å². The third-order valence-electron chi connectivity index (χ3n) is 3.64. The molecular formula is C14H15ClF2N4O2. The van der Waals surface area contributed by atoms with E-state index in [1.165, 1.54) is 18.2 Å². The third kappa shape index (κ3) is 3.60. The Morgan fingerprint density at radius 1 is 1.48 bits per heavy atom. The van der Waals surface area contributed by atoms with Gasteiger partial charge in [0.15, 0.2) is 5.82 Å². The van der Waals surface area contributed by atoms with Gasteiger partial charge >= 0.3 is 6.61 Å². The van der Waals surface area contributed by atoms with Gasteiger partial charge in [0.05, 0.1) is 11.6 Å². The molecule has 0 bridgehead atoms. The van der Waals surface area contributed by atoms with Crippen molar-refractivity contribution in [1.82, 2.24) is 20.4 Å². The van der Waals surface area contributed by atoms with Crippen molar-refractivity contribution in [2.45, 2.75) is 12.7 Å². The van der Waals surface area contributed by atoms with Crippen LogP contribution in [0.4, 0.5) is 8.78 Å². The second-order valence-corrected chi connectivity index (χ2v) is 5.61. The first-order valence-electron chi connectivity index (χ1n) is 7.04. The molecule has 1 unspecified atom stereocenters. The molecular weight excluding hydrogens is 330 g/mol. The molecule has 6 nitrogen and oxygen atoms in total. The van der Waals surface area contributed by atoms with Crippen LogP contribution in [0.15, 0.2) is 22.7 Å². The van der Waals surface area contributed by atoms with Crippen molar-refractivity contribution >= 4 is 11.6 Å². The van der Waals surface area contributed by atoms with Gasteiger partial charge in [0.2, 0.25) is 0 Å². The van der Waals surface area contributed by atoms with Crippen LogP contribution in [0.1, 0.15) is 11.9 Å². The first kappa shape index (κ1) is 16.1. The Morgan fingerprint density at radius 2 is 2.30 bits per heavy atom. The maximum Gasteiger partial charge on any atom is 0.387 e. The average Bonchev–Trinajstić information content (AvgIpc) is 2.98. The number of alkyl halides is 2. The van der Waals surface area contributed by atoms with E-state index in [-0.39, 0.29) is 23.2 Å². The Balaban J connectivity index is 1.92. The minimum absolute atomic E-state index is 0.0418. The van der Waals surface area contributed by atoms with Gasteiger partial charge < -0.3 is 14.6 Å². The van der Waals surface area contributed by atoms with Crippen molar-refractivity contribution in [1.29, 1.82) is 0 Å². The molecule has 9 heteroatoms. The maximum absolute atomic E-state index is 12.5. The van der Waals surface area contributed by atoms with Crippen molar-refractivity contribution in [2.24, 2.45) is 0 Å². The van der Waals surface area contributed by atoms with Crippen LogP contribution in [-0.2, 0) is 0 Å². The molecule has 124 valence electrons. The molecule has 0 spiro atoms. The van der Waals surface area contributed by atoms with E-state index in [2.05, 4.69) is 25.1 Å². The Kier molecular flexibility index (Phi) is 4.74. The van der Waals surface area contributed by atoms with Crippen molar-refractivity contribution in [3.63, 3.8) is 0 Å². The smallest absolute Gasteiger partial charge is 0.387 e. The molecule has 0 radical (unpaired) electrons. The zero-order valence-corrected chi connectivity index (χ0v) is 13.1. The first-order valence-corrected chi connectivity index (χ1v) is 7.41. The number of rotatable bonds is 4. The van der Waals surface area contributed by atoms with Gasteiger partial charge in [0, 0.05) is 24.7 Å². The summed E-state index contributed by atoms with van der Waals surface area (Å²) in [5, 5.41) is 7.57. The zero-order chi connectivity index (χ0) is 16.4. The summed E-state index contributed by atoms with van der Waals surface area (Å²) < 4.78 is 34.8. The fourth-order valence-electron chi connectivity index (χ4n) is 2.44. The molecule has 3 rings (SSSR count). The summed E-state index contributed by atoms with van der Waals surface area (Å²) in [7, 11) is 1.96. The monoisotopic (exact) mass is 344 g/mol. The lowest BCUT2D eigenvalue weighted by Crippen LogP contribution is -2.44. The quantitative estimate of drug-likeness (QED) is 0.919. The van der Waals surface area contributed by atoms with Crippen LogP contribution in [0.2, 0.25) is 5.02 Å². The Morgan fingerprint density at radius 3 is 3.04 bits per heavy atom. The molecule has 2 aromatic rings. The standard InChI is InChI=1S/C14H15ClF2N4O2/c1-21-5-4-18-7-10(21)12-19-13(23-20-12)9-6-8(15)2-3-11(9)22-14(16)17/h2-3,6,10,14,18H,4-5,7H2,1H3. The van der Waals surface area contributed by atoms with E-state index in [1.807, 2.05) is 7.05 Å². The van der Waals surface area contributed by atoms with E-state index in [0.29, 0.717) is 17.4 Å². The number of hydrogen-bond acceptors (Lipinski definition) is 6. The molecule has 1 aliphatic heterocycles. The number of aromatic nitrogens is 2. The molecule has 0 saturated carbocycles. The van der Waals surface area contributed by atoms with Gasteiger partial charge in [-0.3, -0.25) is 4.90 Å². The second-order valence-electron chi connectivity index (χ2n) is 5.18. The molecule has 0 aliphatic carbocycles. The van der Waals surface area contributed by atoms with Gasteiger partial charge in [0.25, 0.3) is 5.89 Å². The summed E-state index contributed by atoms with van der Waals surface area (Å²) >= 11 is 5.93. The zero-order valence-electron chi connectivity index (χ0n) is 12.3. The van der Waals surface area contributed by atoms with Crippen molar-refractivity contribution < 1.29 is 18.0 Å². The summed E-state index contributed by atoms with van der Waals surface area (Å²) in [6.07, 6.45) is 0. The van der Waals surface area contributed by atoms with Gasteiger partial charge in [-0.2, -0.15) is 13.8 Å². The Labute approximate surface area is 136 Å². The average molecular weight is 345 g/mol. The first-order chi connectivity index (χ1) is 11.0. The SMILES string of the molecule is CN1CCNCC1c1noc(-c2cc(Cl)ccc2OC(F)F)n1. The van der Waals surface area contributed by atoms with Crippen LogP contribution >= 0.6 is 11.6 Å². The predicted octanol–water partition coefficient (Wildman–Crippen LogP) is 2.57. The molecule has 1 N–H and O–H groups in total. The van der Waals surface area contributed by atoms with Crippen LogP contribution in [0, 0.1) is 0 Å². The number of likely N-dealkylation sites (N-methyl/N-ethyl adjacent to an activating group) is 1. The Bertz CT molecular complexity index is 683. The van der Waals surface area contributed by atoms with Gasteiger partial charge in [-0.05, 0) is 25.2 Å². The van der Waals surface area contributed by atoms with E-state index in [0.717, 1.165) is 13.1 Å². The highest BCUT2D eigenvalue weighted by Crippen LogP contribution is 2.33. The number of nitrogens with one attached hydrogen (secondary N) is 1. The van der Waals surface area contributed by atoms with E-state index in [1.54, 1.807) is 0 Å². The molecule has 2 heterocycles. The minimum atomic E-state index is -2.95. The minimum Gasteiger partial charge on any atom is -0.434 e. The number of ether oxygens (including phenoxy) is 1. The number of benzene rings is 1. The van der Waals surface area contributed by atoms with Crippen LogP contribution < -0.4 is 10.1 Å². The summed E-state index contributed by atoms with van der Waals surface area (Å²) in [6, 6.07) is 4.22. The fourth-order valence-corrected chi connectivity index (χ4v) is 2.61. The molecule has 1 aromatic carbocycles.